The average molecular weight is 291 g/mol. The fraction of sp³-hybridized carbons (Fsp3) is 0.533. The van der Waals surface area contributed by atoms with Crippen molar-refractivity contribution in [1.82, 2.24) is 9.97 Å². The molecule has 1 aromatic heterocycles. The van der Waals surface area contributed by atoms with Crippen LogP contribution in [0.4, 0.5) is 5.95 Å². The van der Waals surface area contributed by atoms with E-state index in [-0.39, 0.29) is 0 Å². The van der Waals surface area contributed by atoms with Crippen LogP contribution in [0.5, 0.6) is 0 Å². The highest BCUT2D eigenvalue weighted by molar-refractivity contribution is 5.85. The normalized spacial score (nSPS) is 16.1. The van der Waals surface area contributed by atoms with Crippen molar-refractivity contribution in [3.8, 4) is 0 Å². The monoisotopic (exact) mass is 291 g/mol. The zero-order valence-corrected chi connectivity index (χ0v) is 12.4. The minimum Gasteiger partial charge on any atom is -0.478 e. The molecule has 1 fully saturated rings. The molecular weight excluding hydrogens is 270 g/mol. The molecule has 0 bridgehead atoms. The second-order valence-corrected chi connectivity index (χ2v) is 5.25. The lowest BCUT2D eigenvalue weighted by Gasteiger charge is -2.29. The maximum Gasteiger partial charge on any atom is 0.328 e. The van der Waals surface area contributed by atoms with Gasteiger partial charge in [-0.3, -0.25) is 0 Å². The Balaban J connectivity index is 2.09. The molecule has 1 unspecified atom stereocenters. The van der Waals surface area contributed by atoms with Crippen LogP contribution < -0.4 is 4.90 Å². The van der Waals surface area contributed by atoms with E-state index in [0.717, 1.165) is 12.6 Å². The highest BCUT2D eigenvalue weighted by Crippen LogP contribution is 2.36. The third-order valence-corrected chi connectivity index (χ3v) is 3.67. The molecule has 1 atom stereocenters. The van der Waals surface area contributed by atoms with Crippen molar-refractivity contribution in [2.24, 2.45) is 5.92 Å². The highest BCUT2D eigenvalue weighted by atomic mass is 16.5. The number of aromatic nitrogens is 2. The number of rotatable bonds is 8. The van der Waals surface area contributed by atoms with E-state index in [1.54, 1.807) is 19.5 Å². The Hall–Kier alpha value is -1.95. The molecule has 114 valence electrons. The summed E-state index contributed by atoms with van der Waals surface area (Å²) in [5, 5.41) is 8.61. The first-order chi connectivity index (χ1) is 10.1. The molecule has 2 rings (SSSR count). The average Bonchev–Trinajstić information content (AvgIpc) is 3.31. The maximum absolute atomic E-state index is 10.5. The number of ether oxygens (including phenoxy) is 1. The fourth-order valence-electron chi connectivity index (χ4n) is 2.24. The van der Waals surface area contributed by atoms with E-state index in [1.807, 2.05) is 0 Å². The minimum atomic E-state index is -0.983. The van der Waals surface area contributed by atoms with Gasteiger partial charge in [0, 0.05) is 43.7 Å². The van der Waals surface area contributed by atoms with Crippen molar-refractivity contribution >= 4 is 18.0 Å². The summed E-state index contributed by atoms with van der Waals surface area (Å²) in [6.07, 6.45) is 8.35. The number of methoxy groups -OCH3 is 1. The highest BCUT2D eigenvalue weighted by Gasteiger charge is 2.32. The standard InChI is InChI=1S/C15H21N3O3/c1-11(13-4-5-13)18(7-8-21-2)15-16-9-12(10-17-15)3-6-14(19)20/h3,6,9-11,13H,4-5,7-8H2,1-2H3,(H,19,20)/b6-3+. The summed E-state index contributed by atoms with van der Waals surface area (Å²) in [6, 6.07) is 0.389. The molecule has 0 saturated heterocycles. The molecule has 1 saturated carbocycles. The van der Waals surface area contributed by atoms with Gasteiger partial charge in [0.25, 0.3) is 0 Å². The predicted molar refractivity (Wildman–Crippen MR) is 80.1 cm³/mol. The first-order valence-electron chi connectivity index (χ1n) is 7.10. The SMILES string of the molecule is COCCN(c1ncc(/C=C/C(=O)O)cn1)C(C)C1CC1. The first kappa shape index (κ1) is 15.4. The van der Waals surface area contributed by atoms with Gasteiger partial charge < -0.3 is 14.7 Å². The van der Waals surface area contributed by atoms with Gasteiger partial charge in [-0.05, 0) is 31.8 Å². The Morgan fingerprint density at radius 1 is 1.52 bits per heavy atom. The molecule has 1 aromatic rings. The smallest absolute Gasteiger partial charge is 0.328 e. The number of hydrogen-bond acceptors (Lipinski definition) is 5. The summed E-state index contributed by atoms with van der Waals surface area (Å²) in [4.78, 5) is 21.4. The predicted octanol–water partition coefficient (Wildman–Crippen LogP) is 1.83. The molecule has 0 amide bonds. The first-order valence-corrected chi connectivity index (χ1v) is 7.10. The summed E-state index contributed by atoms with van der Waals surface area (Å²) in [5.41, 5.74) is 0.673. The van der Waals surface area contributed by atoms with Crippen LogP contribution >= 0.6 is 0 Å². The van der Waals surface area contributed by atoms with Gasteiger partial charge in [0.05, 0.1) is 6.61 Å². The van der Waals surface area contributed by atoms with Gasteiger partial charge in [-0.15, -0.1) is 0 Å². The van der Waals surface area contributed by atoms with Crippen molar-refractivity contribution in [3.63, 3.8) is 0 Å². The zero-order chi connectivity index (χ0) is 15.2. The van der Waals surface area contributed by atoms with Crippen LogP contribution in [0.15, 0.2) is 18.5 Å². The van der Waals surface area contributed by atoms with Gasteiger partial charge in [0.1, 0.15) is 0 Å². The summed E-state index contributed by atoms with van der Waals surface area (Å²) >= 11 is 0. The Morgan fingerprint density at radius 3 is 2.71 bits per heavy atom. The van der Waals surface area contributed by atoms with Crippen LogP contribution in [-0.4, -0.2) is 47.3 Å². The minimum absolute atomic E-state index is 0.389. The lowest BCUT2D eigenvalue weighted by molar-refractivity contribution is -0.131. The summed E-state index contributed by atoms with van der Waals surface area (Å²) in [6.45, 7) is 3.56. The molecule has 0 radical (unpaired) electrons. The van der Waals surface area contributed by atoms with E-state index in [2.05, 4.69) is 21.8 Å². The van der Waals surface area contributed by atoms with Crippen LogP contribution in [0.1, 0.15) is 25.3 Å². The van der Waals surface area contributed by atoms with Gasteiger partial charge in [-0.1, -0.05) is 0 Å². The molecule has 0 aliphatic heterocycles. The van der Waals surface area contributed by atoms with Gasteiger partial charge >= 0.3 is 5.97 Å². The molecule has 6 heteroatoms. The molecule has 0 aromatic carbocycles. The lowest BCUT2D eigenvalue weighted by Crippen LogP contribution is -2.38. The zero-order valence-electron chi connectivity index (χ0n) is 12.4. The molecule has 1 aliphatic carbocycles. The van der Waals surface area contributed by atoms with E-state index >= 15 is 0 Å². The van der Waals surface area contributed by atoms with Crippen LogP contribution in [0, 0.1) is 5.92 Å². The molecular formula is C15H21N3O3. The fourth-order valence-corrected chi connectivity index (χ4v) is 2.24. The molecule has 0 spiro atoms. The van der Waals surface area contributed by atoms with Gasteiger partial charge in [-0.25, -0.2) is 14.8 Å². The number of hydrogen-bond donors (Lipinski definition) is 1. The van der Waals surface area contributed by atoms with Crippen LogP contribution in [0.25, 0.3) is 6.08 Å². The lowest BCUT2D eigenvalue weighted by atomic mass is 10.2. The quantitative estimate of drug-likeness (QED) is 0.736. The van der Waals surface area contributed by atoms with E-state index in [9.17, 15) is 4.79 Å². The van der Waals surface area contributed by atoms with Gasteiger partial charge in [-0.2, -0.15) is 0 Å². The third kappa shape index (κ3) is 4.53. The van der Waals surface area contributed by atoms with E-state index in [0.29, 0.717) is 30.1 Å². The third-order valence-electron chi connectivity index (χ3n) is 3.67. The number of aliphatic carboxylic acids is 1. The second kappa shape index (κ2) is 7.17. The van der Waals surface area contributed by atoms with E-state index in [1.165, 1.54) is 18.9 Å². The molecule has 21 heavy (non-hydrogen) atoms. The Morgan fingerprint density at radius 2 is 2.19 bits per heavy atom. The number of anilines is 1. The number of carbonyl (C=O) groups is 1. The molecule has 6 nitrogen and oxygen atoms in total. The van der Waals surface area contributed by atoms with Crippen LogP contribution in [0.2, 0.25) is 0 Å². The Kier molecular flexibility index (Phi) is 5.27. The number of carboxylic acids is 1. The number of nitrogens with zero attached hydrogens (tertiary/aromatic N) is 3. The van der Waals surface area contributed by atoms with Crippen molar-refractivity contribution in [2.45, 2.75) is 25.8 Å². The van der Waals surface area contributed by atoms with Crippen molar-refractivity contribution in [1.29, 1.82) is 0 Å². The van der Waals surface area contributed by atoms with Crippen LogP contribution in [-0.2, 0) is 9.53 Å². The largest absolute Gasteiger partial charge is 0.478 e. The van der Waals surface area contributed by atoms with Gasteiger partial charge in [0.15, 0.2) is 0 Å². The van der Waals surface area contributed by atoms with E-state index in [4.69, 9.17) is 9.84 Å². The van der Waals surface area contributed by atoms with Crippen molar-refractivity contribution in [3.05, 3.63) is 24.0 Å². The number of carboxylic acid groups (broad SMARTS) is 1. The summed E-state index contributed by atoms with van der Waals surface area (Å²) in [7, 11) is 1.68. The Bertz CT molecular complexity index is 497. The summed E-state index contributed by atoms with van der Waals surface area (Å²) in [5.74, 6) is 0.388. The van der Waals surface area contributed by atoms with Crippen molar-refractivity contribution < 1.29 is 14.6 Å². The van der Waals surface area contributed by atoms with Crippen molar-refractivity contribution in [2.75, 3.05) is 25.2 Å². The van der Waals surface area contributed by atoms with Gasteiger partial charge in [0.2, 0.25) is 5.95 Å². The Labute approximate surface area is 124 Å². The topological polar surface area (TPSA) is 75.5 Å². The molecule has 1 N–H and O–H groups in total. The van der Waals surface area contributed by atoms with E-state index < -0.39 is 5.97 Å². The molecule has 1 heterocycles. The second-order valence-electron chi connectivity index (χ2n) is 5.25. The van der Waals surface area contributed by atoms with Crippen LogP contribution in [0.3, 0.4) is 0 Å². The summed E-state index contributed by atoms with van der Waals surface area (Å²) < 4.78 is 5.16. The maximum atomic E-state index is 10.5. The molecule has 1 aliphatic rings.